The number of rotatable bonds is 1. The number of hydrogen-bond donors (Lipinski definition) is 0. The van der Waals surface area contributed by atoms with Gasteiger partial charge in [0.05, 0.1) is 11.7 Å². The Labute approximate surface area is 113 Å². The fraction of sp³-hybridized carbons (Fsp3) is 0.882. The minimum Gasteiger partial charge on any atom is -0.369 e. The highest BCUT2D eigenvalue weighted by atomic mass is 16.5. The van der Waals surface area contributed by atoms with Gasteiger partial charge >= 0.3 is 0 Å². The van der Waals surface area contributed by atoms with Gasteiger partial charge in [0.1, 0.15) is 0 Å². The molecule has 2 aliphatic rings. The number of ether oxygens (including phenoxy) is 1. The zero-order valence-electron chi connectivity index (χ0n) is 12.8. The maximum Gasteiger partial charge on any atom is 0.0763 e. The van der Waals surface area contributed by atoms with Gasteiger partial charge in [0.2, 0.25) is 0 Å². The van der Waals surface area contributed by atoms with Crippen LogP contribution in [0.1, 0.15) is 66.7 Å². The second-order valence-electron chi connectivity index (χ2n) is 8.08. The Balaban J connectivity index is 2.01. The molecule has 1 fully saturated rings. The van der Waals surface area contributed by atoms with Crippen molar-refractivity contribution in [2.24, 2.45) is 17.3 Å². The summed E-state index contributed by atoms with van der Waals surface area (Å²) in [7, 11) is 0. The first-order valence-corrected chi connectivity index (χ1v) is 7.61. The van der Waals surface area contributed by atoms with Crippen LogP contribution in [0.15, 0.2) is 12.2 Å². The van der Waals surface area contributed by atoms with Crippen molar-refractivity contribution in [1.29, 1.82) is 0 Å². The van der Waals surface area contributed by atoms with Crippen LogP contribution >= 0.6 is 0 Å². The van der Waals surface area contributed by atoms with E-state index in [0.29, 0.717) is 11.5 Å². The average Bonchev–Trinajstić information content (AvgIpc) is 2.44. The molecule has 18 heavy (non-hydrogen) atoms. The Kier molecular flexibility index (Phi) is 3.92. The van der Waals surface area contributed by atoms with Crippen molar-refractivity contribution in [3.63, 3.8) is 0 Å². The molecule has 1 saturated carbocycles. The third-order valence-electron chi connectivity index (χ3n) is 4.35. The van der Waals surface area contributed by atoms with Gasteiger partial charge < -0.3 is 4.74 Å². The van der Waals surface area contributed by atoms with Gasteiger partial charge in [-0.15, -0.1) is 0 Å². The summed E-state index contributed by atoms with van der Waals surface area (Å²) in [6.07, 6.45) is 11.8. The molecule has 104 valence electrons. The summed E-state index contributed by atoms with van der Waals surface area (Å²) in [4.78, 5) is 0. The summed E-state index contributed by atoms with van der Waals surface area (Å²) in [5.74, 6) is 1.72. The first kappa shape index (κ1) is 14.1. The van der Waals surface area contributed by atoms with Gasteiger partial charge in [-0.05, 0) is 63.7 Å². The topological polar surface area (TPSA) is 9.23 Å². The molecule has 0 heterocycles. The highest BCUT2D eigenvalue weighted by molar-refractivity contribution is 5.04. The summed E-state index contributed by atoms with van der Waals surface area (Å²) in [6, 6.07) is 0. The average molecular weight is 250 g/mol. The lowest BCUT2D eigenvalue weighted by Gasteiger charge is -2.28. The molecule has 3 unspecified atom stereocenters. The summed E-state index contributed by atoms with van der Waals surface area (Å²) in [5.41, 5.74) is 0.521. The molecule has 0 bridgehead atoms. The third-order valence-corrected chi connectivity index (χ3v) is 4.35. The normalized spacial score (nSPS) is 37.7. The van der Waals surface area contributed by atoms with Gasteiger partial charge in [0, 0.05) is 0 Å². The van der Waals surface area contributed by atoms with E-state index in [2.05, 4.69) is 46.8 Å². The van der Waals surface area contributed by atoms with Crippen LogP contribution in [0, 0.1) is 17.3 Å². The lowest BCUT2D eigenvalue weighted by Crippen LogP contribution is -2.27. The summed E-state index contributed by atoms with van der Waals surface area (Å²) in [6.45, 7) is 11.3. The minimum atomic E-state index is -0.0252. The first-order chi connectivity index (χ1) is 8.25. The molecule has 0 aromatic carbocycles. The predicted octanol–water partition coefficient (Wildman–Crippen LogP) is 4.96. The molecule has 0 N–H and O–H groups in total. The van der Waals surface area contributed by atoms with Crippen LogP contribution in [0.2, 0.25) is 0 Å². The minimum absolute atomic E-state index is 0.0252. The van der Waals surface area contributed by atoms with Gasteiger partial charge in [-0.3, -0.25) is 0 Å². The standard InChI is InChI=1S/C17H30O/c1-16(2,3)18-15-8-6-7-13-11-17(4,5)12-14(13)9-10-15/h9-10,13-15H,6-8,11-12H2,1-5H3/b10-9+. The number of allylic oxidation sites excluding steroid dienone is 1. The second kappa shape index (κ2) is 5.00. The van der Waals surface area contributed by atoms with Crippen molar-refractivity contribution in [2.45, 2.75) is 78.4 Å². The number of hydrogen-bond acceptors (Lipinski definition) is 1. The monoisotopic (exact) mass is 250 g/mol. The van der Waals surface area contributed by atoms with Gasteiger partial charge in [-0.1, -0.05) is 32.4 Å². The molecule has 0 aliphatic heterocycles. The summed E-state index contributed by atoms with van der Waals surface area (Å²) < 4.78 is 6.13. The van der Waals surface area contributed by atoms with Crippen molar-refractivity contribution < 1.29 is 4.74 Å². The zero-order valence-corrected chi connectivity index (χ0v) is 12.8. The molecule has 0 amide bonds. The molecule has 1 heteroatoms. The molecule has 0 aromatic heterocycles. The van der Waals surface area contributed by atoms with E-state index in [1.54, 1.807) is 0 Å². The van der Waals surface area contributed by atoms with E-state index in [1.807, 2.05) is 0 Å². The molecule has 2 aliphatic carbocycles. The van der Waals surface area contributed by atoms with Crippen LogP contribution in [0.3, 0.4) is 0 Å². The van der Waals surface area contributed by atoms with E-state index >= 15 is 0 Å². The van der Waals surface area contributed by atoms with Crippen LogP contribution in [0.25, 0.3) is 0 Å². The largest absolute Gasteiger partial charge is 0.369 e. The Morgan fingerprint density at radius 2 is 1.78 bits per heavy atom. The highest BCUT2D eigenvalue weighted by Gasteiger charge is 2.38. The van der Waals surface area contributed by atoms with Gasteiger partial charge in [-0.2, -0.15) is 0 Å². The van der Waals surface area contributed by atoms with Crippen LogP contribution in [-0.2, 0) is 4.74 Å². The maximum absolute atomic E-state index is 6.13. The fourth-order valence-electron chi connectivity index (χ4n) is 3.79. The second-order valence-corrected chi connectivity index (χ2v) is 8.08. The molecule has 2 rings (SSSR count). The van der Waals surface area contributed by atoms with Gasteiger partial charge in [0.15, 0.2) is 0 Å². The van der Waals surface area contributed by atoms with E-state index in [0.717, 1.165) is 11.8 Å². The van der Waals surface area contributed by atoms with E-state index in [1.165, 1.54) is 32.1 Å². The molecule has 1 nitrogen and oxygen atoms in total. The zero-order chi connectivity index (χ0) is 13.4. The number of fused-ring (bicyclic) bond motifs is 1. The van der Waals surface area contributed by atoms with Crippen LogP contribution in [0.5, 0.6) is 0 Å². The molecule has 0 radical (unpaired) electrons. The van der Waals surface area contributed by atoms with E-state index in [-0.39, 0.29) is 5.60 Å². The Morgan fingerprint density at radius 3 is 2.44 bits per heavy atom. The first-order valence-electron chi connectivity index (χ1n) is 7.61. The van der Waals surface area contributed by atoms with Crippen molar-refractivity contribution in [1.82, 2.24) is 0 Å². The van der Waals surface area contributed by atoms with Crippen molar-refractivity contribution in [3.05, 3.63) is 12.2 Å². The molecule has 0 aromatic rings. The fourth-order valence-corrected chi connectivity index (χ4v) is 3.79. The SMILES string of the molecule is CC1(C)CC2/C=C/C(OC(C)(C)C)CCCC2C1. The lowest BCUT2D eigenvalue weighted by molar-refractivity contribution is -0.0429. The maximum atomic E-state index is 6.13. The summed E-state index contributed by atoms with van der Waals surface area (Å²) >= 11 is 0. The molecular weight excluding hydrogens is 220 g/mol. The molecule has 0 saturated heterocycles. The van der Waals surface area contributed by atoms with E-state index in [9.17, 15) is 0 Å². The molecule has 0 spiro atoms. The van der Waals surface area contributed by atoms with Gasteiger partial charge in [-0.25, -0.2) is 0 Å². The lowest BCUT2D eigenvalue weighted by atomic mass is 9.87. The van der Waals surface area contributed by atoms with Crippen molar-refractivity contribution >= 4 is 0 Å². The van der Waals surface area contributed by atoms with Crippen LogP contribution in [-0.4, -0.2) is 11.7 Å². The smallest absolute Gasteiger partial charge is 0.0763 e. The predicted molar refractivity (Wildman–Crippen MR) is 77.6 cm³/mol. The van der Waals surface area contributed by atoms with Gasteiger partial charge in [0.25, 0.3) is 0 Å². The Hall–Kier alpha value is -0.300. The quantitative estimate of drug-likeness (QED) is 0.597. The van der Waals surface area contributed by atoms with E-state index < -0.39 is 0 Å². The van der Waals surface area contributed by atoms with Crippen molar-refractivity contribution in [2.75, 3.05) is 0 Å². The highest BCUT2D eigenvalue weighted by Crippen LogP contribution is 2.48. The Morgan fingerprint density at radius 1 is 1.06 bits per heavy atom. The van der Waals surface area contributed by atoms with E-state index in [4.69, 9.17) is 4.74 Å². The Bertz CT molecular complexity index is 308. The third kappa shape index (κ3) is 3.85. The molecular formula is C17H30O. The summed E-state index contributed by atoms with van der Waals surface area (Å²) in [5, 5.41) is 0. The van der Waals surface area contributed by atoms with Crippen LogP contribution in [0.4, 0.5) is 0 Å². The van der Waals surface area contributed by atoms with Crippen LogP contribution < -0.4 is 0 Å². The van der Waals surface area contributed by atoms with Crippen molar-refractivity contribution in [3.8, 4) is 0 Å². The molecule has 3 atom stereocenters.